The van der Waals surface area contributed by atoms with Crippen molar-refractivity contribution < 1.29 is 22.7 Å². The number of benzene rings is 1. The van der Waals surface area contributed by atoms with Crippen molar-refractivity contribution in [1.29, 1.82) is 0 Å². The quantitative estimate of drug-likeness (QED) is 0.797. The summed E-state index contributed by atoms with van der Waals surface area (Å²) >= 11 is 0. The summed E-state index contributed by atoms with van der Waals surface area (Å²) in [6, 6.07) is 4.67. The van der Waals surface area contributed by atoms with Crippen LogP contribution in [0.5, 0.6) is 5.75 Å². The van der Waals surface area contributed by atoms with Gasteiger partial charge in [-0.05, 0) is 25.1 Å². The Kier molecular flexibility index (Phi) is 4.31. The van der Waals surface area contributed by atoms with Crippen molar-refractivity contribution in [3.63, 3.8) is 0 Å². The second-order valence-corrected chi connectivity index (χ2v) is 7.64. The van der Waals surface area contributed by atoms with Crippen LogP contribution < -0.4 is 9.64 Å². The molecular weight excluding hydrogens is 320 g/mol. The number of sulfonamides is 1. The molecule has 0 aliphatic carbocycles. The number of hydrogen-bond donors (Lipinski definition) is 0. The standard InChI is InChI=1S/C15H20N2O5S/c1-11-10-17(12(2)18)14-9-13(3-4-15(14)22-11)23(19,20)16-5-7-21-8-6-16/h3-4,9,11H,5-8,10H2,1-2H3. The van der Waals surface area contributed by atoms with Gasteiger partial charge in [0, 0.05) is 20.0 Å². The molecular formula is C15H20N2O5S. The van der Waals surface area contributed by atoms with Crippen LogP contribution in [0.1, 0.15) is 13.8 Å². The van der Waals surface area contributed by atoms with Crippen LogP contribution in [-0.4, -0.2) is 57.6 Å². The lowest BCUT2D eigenvalue weighted by Crippen LogP contribution is -2.42. The number of rotatable bonds is 2. The van der Waals surface area contributed by atoms with Crippen LogP contribution in [0.4, 0.5) is 5.69 Å². The normalized spacial score (nSPS) is 22.3. The summed E-state index contributed by atoms with van der Waals surface area (Å²) in [6.07, 6.45) is -0.131. The number of fused-ring (bicyclic) bond motifs is 1. The fourth-order valence-electron chi connectivity index (χ4n) is 2.81. The average Bonchev–Trinajstić information content (AvgIpc) is 2.54. The Morgan fingerprint density at radius 3 is 2.61 bits per heavy atom. The van der Waals surface area contributed by atoms with Gasteiger partial charge in [0.15, 0.2) is 0 Å². The van der Waals surface area contributed by atoms with Crippen molar-refractivity contribution in [3.05, 3.63) is 18.2 Å². The van der Waals surface area contributed by atoms with Crippen molar-refractivity contribution in [1.82, 2.24) is 4.31 Å². The van der Waals surface area contributed by atoms with Crippen molar-refractivity contribution in [2.75, 3.05) is 37.7 Å². The fraction of sp³-hybridized carbons (Fsp3) is 0.533. The molecule has 2 heterocycles. The molecule has 0 radical (unpaired) electrons. The van der Waals surface area contributed by atoms with Gasteiger partial charge >= 0.3 is 0 Å². The highest BCUT2D eigenvalue weighted by Crippen LogP contribution is 2.36. The van der Waals surface area contributed by atoms with Crippen LogP contribution in [-0.2, 0) is 19.6 Å². The molecule has 0 spiro atoms. The van der Waals surface area contributed by atoms with E-state index in [4.69, 9.17) is 9.47 Å². The van der Waals surface area contributed by atoms with Gasteiger partial charge in [-0.15, -0.1) is 0 Å². The fourth-order valence-corrected chi connectivity index (χ4v) is 4.24. The second-order valence-electron chi connectivity index (χ2n) is 5.70. The van der Waals surface area contributed by atoms with Gasteiger partial charge in [-0.3, -0.25) is 4.79 Å². The molecule has 1 fully saturated rings. The number of anilines is 1. The molecule has 1 saturated heterocycles. The third-order valence-corrected chi connectivity index (χ3v) is 5.87. The molecule has 23 heavy (non-hydrogen) atoms. The van der Waals surface area contributed by atoms with E-state index in [1.807, 2.05) is 6.92 Å². The minimum Gasteiger partial charge on any atom is -0.487 e. The first kappa shape index (κ1) is 16.2. The smallest absolute Gasteiger partial charge is 0.243 e. The summed E-state index contributed by atoms with van der Waals surface area (Å²) in [4.78, 5) is 13.6. The Hall–Kier alpha value is -1.64. The van der Waals surface area contributed by atoms with Crippen LogP contribution in [0.3, 0.4) is 0 Å². The van der Waals surface area contributed by atoms with Crippen molar-refractivity contribution in [2.24, 2.45) is 0 Å². The third kappa shape index (κ3) is 3.06. The van der Waals surface area contributed by atoms with Gasteiger partial charge in [-0.25, -0.2) is 8.42 Å². The van der Waals surface area contributed by atoms with Crippen LogP contribution in [0.25, 0.3) is 0 Å². The molecule has 3 rings (SSSR count). The van der Waals surface area contributed by atoms with Gasteiger partial charge in [0.2, 0.25) is 15.9 Å². The molecule has 0 bridgehead atoms. The lowest BCUT2D eigenvalue weighted by molar-refractivity contribution is -0.117. The number of amides is 1. The Morgan fingerprint density at radius 2 is 1.96 bits per heavy atom. The highest BCUT2D eigenvalue weighted by molar-refractivity contribution is 7.89. The number of carbonyl (C=O) groups is 1. The number of nitrogens with zero attached hydrogens (tertiary/aromatic N) is 2. The number of morpholine rings is 1. The maximum Gasteiger partial charge on any atom is 0.243 e. The van der Waals surface area contributed by atoms with Gasteiger partial charge < -0.3 is 14.4 Å². The molecule has 1 aromatic rings. The molecule has 1 amide bonds. The SMILES string of the molecule is CC(=O)N1CC(C)Oc2ccc(S(=O)(=O)N3CCOCC3)cc21. The second kappa shape index (κ2) is 6.10. The summed E-state index contributed by atoms with van der Waals surface area (Å²) in [5.74, 6) is 0.391. The Balaban J connectivity index is 1.99. The molecule has 1 aromatic carbocycles. The van der Waals surface area contributed by atoms with Gasteiger partial charge in [0.05, 0.1) is 30.3 Å². The summed E-state index contributed by atoms with van der Waals surface area (Å²) in [5, 5.41) is 0. The highest BCUT2D eigenvalue weighted by Gasteiger charge is 2.31. The summed E-state index contributed by atoms with van der Waals surface area (Å²) in [6.45, 7) is 5.20. The molecule has 1 unspecified atom stereocenters. The van der Waals surface area contributed by atoms with Crippen molar-refractivity contribution in [2.45, 2.75) is 24.8 Å². The zero-order valence-electron chi connectivity index (χ0n) is 13.2. The summed E-state index contributed by atoms with van der Waals surface area (Å²) in [7, 11) is -3.60. The van der Waals surface area contributed by atoms with E-state index >= 15 is 0 Å². The highest BCUT2D eigenvalue weighted by atomic mass is 32.2. The van der Waals surface area contributed by atoms with E-state index in [0.29, 0.717) is 44.3 Å². The van der Waals surface area contributed by atoms with Gasteiger partial charge in [0.25, 0.3) is 0 Å². The molecule has 0 aromatic heterocycles. The Morgan fingerprint density at radius 1 is 1.26 bits per heavy atom. The first-order chi connectivity index (χ1) is 10.9. The molecule has 2 aliphatic heterocycles. The molecule has 126 valence electrons. The maximum atomic E-state index is 12.7. The summed E-state index contributed by atoms with van der Waals surface area (Å²) < 4.78 is 37.8. The average molecular weight is 340 g/mol. The van der Waals surface area contributed by atoms with E-state index in [1.54, 1.807) is 11.0 Å². The minimum absolute atomic E-state index is 0.131. The van der Waals surface area contributed by atoms with E-state index in [0.717, 1.165) is 0 Å². The minimum atomic E-state index is -3.60. The predicted octanol–water partition coefficient (Wildman–Crippen LogP) is 0.841. The molecule has 0 N–H and O–H groups in total. The molecule has 8 heteroatoms. The molecule has 2 aliphatic rings. The molecule has 7 nitrogen and oxygen atoms in total. The van der Waals surface area contributed by atoms with E-state index in [-0.39, 0.29) is 16.9 Å². The monoisotopic (exact) mass is 340 g/mol. The lowest BCUT2D eigenvalue weighted by Gasteiger charge is -2.33. The largest absolute Gasteiger partial charge is 0.487 e. The van der Waals surface area contributed by atoms with Gasteiger partial charge in [0.1, 0.15) is 11.9 Å². The van der Waals surface area contributed by atoms with Crippen LogP contribution >= 0.6 is 0 Å². The summed E-state index contributed by atoms with van der Waals surface area (Å²) in [5.41, 5.74) is 0.505. The van der Waals surface area contributed by atoms with E-state index < -0.39 is 10.0 Å². The Bertz CT molecular complexity index is 713. The van der Waals surface area contributed by atoms with E-state index in [1.165, 1.54) is 23.4 Å². The van der Waals surface area contributed by atoms with Gasteiger partial charge in [-0.1, -0.05) is 0 Å². The zero-order valence-corrected chi connectivity index (χ0v) is 14.0. The third-order valence-electron chi connectivity index (χ3n) is 3.98. The number of ether oxygens (including phenoxy) is 2. The van der Waals surface area contributed by atoms with E-state index in [9.17, 15) is 13.2 Å². The zero-order chi connectivity index (χ0) is 16.6. The number of carbonyl (C=O) groups excluding carboxylic acids is 1. The maximum absolute atomic E-state index is 12.7. The van der Waals surface area contributed by atoms with Crippen LogP contribution in [0.15, 0.2) is 23.1 Å². The van der Waals surface area contributed by atoms with Crippen LogP contribution in [0, 0.1) is 0 Å². The lowest BCUT2D eigenvalue weighted by atomic mass is 10.2. The Labute approximate surface area is 135 Å². The first-order valence-electron chi connectivity index (χ1n) is 7.56. The van der Waals surface area contributed by atoms with Crippen LogP contribution in [0.2, 0.25) is 0 Å². The van der Waals surface area contributed by atoms with Gasteiger partial charge in [-0.2, -0.15) is 4.31 Å². The first-order valence-corrected chi connectivity index (χ1v) is 9.00. The van der Waals surface area contributed by atoms with Crippen molar-refractivity contribution >= 4 is 21.6 Å². The topological polar surface area (TPSA) is 76.2 Å². The van der Waals surface area contributed by atoms with Crippen molar-refractivity contribution in [3.8, 4) is 5.75 Å². The number of hydrogen-bond acceptors (Lipinski definition) is 5. The molecule has 1 atom stereocenters. The molecule has 0 saturated carbocycles. The predicted molar refractivity (Wildman–Crippen MR) is 84.1 cm³/mol. The van der Waals surface area contributed by atoms with E-state index in [2.05, 4.69) is 0 Å².